The van der Waals surface area contributed by atoms with Gasteiger partial charge in [0.15, 0.2) is 5.65 Å². The molecule has 0 radical (unpaired) electrons. The highest BCUT2D eigenvalue weighted by Gasteiger charge is 2.60. The second kappa shape index (κ2) is 5.03. The lowest BCUT2D eigenvalue weighted by molar-refractivity contribution is -0.243. The Morgan fingerprint density at radius 2 is 2.22 bits per heavy atom. The molecule has 3 heterocycles. The highest BCUT2D eigenvalue weighted by molar-refractivity contribution is 5.89. The summed E-state index contributed by atoms with van der Waals surface area (Å²) >= 11 is 0. The van der Waals surface area contributed by atoms with Crippen LogP contribution >= 0.6 is 0 Å². The Balaban J connectivity index is 1.55. The van der Waals surface area contributed by atoms with Crippen molar-refractivity contribution in [3.8, 4) is 0 Å². The summed E-state index contributed by atoms with van der Waals surface area (Å²) in [5, 5.41) is 8.03. The minimum Gasteiger partial charge on any atom is -0.458 e. The largest absolute Gasteiger partial charge is 0.458 e. The highest BCUT2D eigenvalue weighted by Crippen LogP contribution is 2.53. The van der Waals surface area contributed by atoms with Gasteiger partial charge in [0, 0.05) is 24.1 Å². The average molecular weight is 315 g/mol. The summed E-state index contributed by atoms with van der Waals surface area (Å²) in [6.07, 6.45) is 3.97. The number of hydrogen-bond acceptors (Lipinski definition) is 5. The Kier molecular flexibility index (Phi) is 3.20. The third-order valence-electron chi connectivity index (χ3n) is 5.27. The molecule has 2 aromatic heterocycles. The van der Waals surface area contributed by atoms with Gasteiger partial charge in [-0.15, -0.1) is 10.2 Å². The lowest BCUT2D eigenvalue weighted by Gasteiger charge is -2.58. The molecule has 2 aromatic rings. The predicted molar refractivity (Wildman–Crippen MR) is 83.2 cm³/mol. The van der Waals surface area contributed by atoms with E-state index in [9.17, 15) is 4.79 Å². The monoisotopic (exact) mass is 315 g/mol. The van der Waals surface area contributed by atoms with Crippen molar-refractivity contribution in [2.24, 2.45) is 11.3 Å². The zero-order chi connectivity index (χ0) is 16.2. The van der Waals surface area contributed by atoms with Crippen LogP contribution in [0, 0.1) is 18.3 Å². The fraction of sp³-hybridized carbons (Fsp3) is 0.588. The number of ether oxygens (including phenoxy) is 2. The number of nitrogens with zero attached hydrogens (tertiary/aromatic N) is 3. The quantitative estimate of drug-likeness (QED) is 0.796. The molecule has 3 unspecified atom stereocenters. The number of carbonyl (C=O) groups excluding carboxylic acids is 1. The van der Waals surface area contributed by atoms with Gasteiger partial charge >= 0.3 is 5.97 Å². The van der Waals surface area contributed by atoms with Crippen LogP contribution in [-0.4, -0.2) is 39.4 Å². The van der Waals surface area contributed by atoms with Gasteiger partial charge < -0.3 is 9.47 Å². The van der Waals surface area contributed by atoms with Crippen molar-refractivity contribution in [2.75, 3.05) is 6.61 Å². The molecule has 1 aliphatic carbocycles. The number of fused-ring (bicyclic) bond motifs is 2. The van der Waals surface area contributed by atoms with Gasteiger partial charge in [0.25, 0.3) is 0 Å². The van der Waals surface area contributed by atoms with Crippen LogP contribution in [0.5, 0.6) is 0 Å². The van der Waals surface area contributed by atoms with Crippen LogP contribution in [0.2, 0.25) is 0 Å². The van der Waals surface area contributed by atoms with Crippen molar-refractivity contribution >= 4 is 11.6 Å². The van der Waals surface area contributed by atoms with Gasteiger partial charge in [-0.05, 0) is 31.9 Å². The Morgan fingerprint density at radius 1 is 1.39 bits per heavy atom. The second-order valence-electron chi connectivity index (χ2n) is 7.14. The third-order valence-corrected chi connectivity index (χ3v) is 5.27. The van der Waals surface area contributed by atoms with E-state index in [0.29, 0.717) is 11.5 Å². The van der Waals surface area contributed by atoms with E-state index in [1.807, 2.05) is 6.92 Å². The summed E-state index contributed by atoms with van der Waals surface area (Å²) < 4.78 is 13.5. The van der Waals surface area contributed by atoms with Crippen LogP contribution in [-0.2, 0) is 9.47 Å². The molecule has 6 nitrogen and oxygen atoms in total. The standard InChI is InChI=1S/C17H21N3O3/c1-10-18-19-13-7-6-11(9-20(10)13)16(21)23-15-12-5-4-8-22-14(12)17(15,2)3/h6-7,9,12,14-15H,4-5,8H2,1-3H3. The van der Waals surface area contributed by atoms with Gasteiger partial charge in [-0.1, -0.05) is 13.8 Å². The van der Waals surface area contributed by atoms with E-state index in [1.165, 1.54) is 0 Å². The number of aromatic nitrogens is 3. The Hall–Kier alpha value is -1.95. The minimum absolute atomic E-state index is 0.0852. The molecular weight excluding hydrogens is 294 g/mol. The van der Waals surface area contributed by atoms with Crippen LogP contribution < -0.4 is 0 Å². The molecular formula is C17H21N3O3. The van der Waals surface area contributed by atoms with Gasteiger partial charge in [-0.2, -0.15) is 0 Å². The average Bonchev–Trinajstić information content (AvgIpc) is 2.93. The van der Waals surface area contributed by atoms with Crippen molar-refractivity contribution in [1.82, 2.24) is 14.6 Å². The molecule has 2 fully saturated rings. The molecule has 1 saturated heterocycles. The molecule has 0 amide bonds. The molecule has 122 valence electrons. The summed E-state index contributed by atoms with van der Waals surface area (Å²) in [5.74, 6) is 0.782. The lowest BCUT2D eigenvalue weighted by atomic mass is 9.57. The first-order valence-electron chi connectivity index (χ1n) is 8.12. The van der Waals surface area contributed by atoms with Crippen molar-refractivity contribution in [2.45, 2.75) is 45.8 Å². The van der Waals surface area contributed by atoms with Gasteiger partial charge in [-0.25, -0.2) is 4.79 Å². The minimum atomic E-state index is -0.290. The normalized spacial score (nSPS) is 28.9. The maximum Gasteiger partial charge on any atom is 0.339 e. The van der Waals surface area contributed by atoms with Gasteiger partial charge in [0.1, 0.15) is 11.9 Å². The van der Waals surface area contributed by atoms with E-state index < -0.39 is 0 Å². The molecule has 0 bridgehead atoms. The Bertz CT molecular complexity index is 768. The summed E-state index contributed by atoms with van der Waals surface area (Å²) in [5.41, 5.74) is 1.12. The Labute approximate surface area is 134 Å². The molecule has 4 rings (SSSR count). The molecule has 0 aromatic carbocycles. The SMILES string of the molecule is Cc1nnc2ccc(C(=O)OC3C4CCCOC4C3(C)C)cn12. The fourth-order valence-electron chi connectivity index (χ4n) is 4.02. The number of hydrogen-bond donors (Lipinski definition) is 0. The molecule has 1 aliphatic heterocycles. The predicted octanol–water partition coefficient (Wildman–Crippen LogP) is 2.40. The van der Waals surface area contributed by atoms with Crippen LogP contribution in [0.4, 0.5) is 0 Å². The first-order chi connectivity index (χ1) is 11.0. The number of pyridine rings is 1. The van der Waals surface area contributed by atoms with Crippen molar-refractivity contribution in [3.63, 3.8) is 0 Å². The summed E-state index contributed by atoms with van der Waals surface area (Å²) in [6.45, 7) is 6.90. The van der Waals surface area contributed by atoms with Crippen LogP contribution in [0.3, 0.4) is 0 Å². The van der Waals surface area contributed by atoms with E-state index in [2.05, 4.69) is 24.0 Å². The van der Waals surface area contributed by atoms with E-state index in [-0.39, 0.29) is 23.6 Å². The van der Waals surface area contributed by atoms with E-state index >= 15 is 0 Å². The summed E-state index contributed by atoms with van der Waals surface area (Å²) in [4.78, 5) is 12.6. The van der Waals surface area contributed by atoms with Gasteiger partial charge in [0.2, 0.25) is 0 Å². The zero-order valence-corrected chi connectivity index (χ0v) is 13.7. The first kappa shape index (κ1) is 14.6. The molecule has 2 aliphatic rings. The van der Waals surface area contributed by atoms with E-state index in [4.69, 9.17) is 9.47 Å². The summed E-state index contributed by atoms with van der Waals surface area (Å²) in [6, 6.07) is 3.53. The maximum atomic E-state index is 12.6. The number of rotatable bonds is 2. The molecule has 23 heavy (non-hydrogen) atoms. The van der Waals surface area contributed by atoms with Crippen molar-refractivity contribution in [1.29, 1.82) is 0 Å². The van der Waals surface area contributed by atoms with Crippen molar-refractivity contribution in [3.05, 3.63) is 29.7 Å². The van der Waals surface area contributed by atoms with Gasteiger partial charge in [-0.3, -0.25) is 4.40 Å². The van der Waals surface area contributed by atoms with Crippen LogP contribution in [0.25, 0.3) is 5.65 Å². The van der Waals surface area contributed by atoms with Crippen molar-refractivity contribution < 1.29 is 14.3 Å². The molecule has 3 atom stereocenters. The lowest BCUT2D eigenvalue weighted by Crippen LogP contribution is -2.65. The smallest absolute Gasteiger partial charge is 0.339 e. The van der Waals surface area contributed by atoms with Gasteiger partial charge in [0.05, 0.1) is 11.7 Å². The molecule has 6 heteroatoms. The second-order valence-corrected chi connectivity index (χ2v) is 7.14. The number of esters is 1. The van der Waals surface area contributed by atoms with E-state index in [0.717, 1.165) is 30.9 Å². The summed E-state index contributed by atoms with van der Waals surface area (Å²) in [7, 11) is 0. The maximum absolute atomic E-state index is 12.6. The number of carbonyl (C=O) groups is 1. The first-order valence-corrected chi connectivity index (χ1v) is 8.12. The fourth-order valence-corrected chi connectivity index (χ4v) is 4.02. The van der Waals surface area contributed by atoms with E-state index in [1.54, 1.807) is 22.7 Å². The Morgan fingerprint density at radius 3 is 3.04 bits per heavy atom. The zero-order valence-electron chi connectivity index (χ0n) is 13.7. The molecule has 1 saturated carbocycles. The molecule has 0 spiro atoms. The topological polar surface area (TPSA) is 65.7 Å². The van der Waals surface area contributed by atoms with Crippen LogP contribution in [0.15, 0.2) is 18.3 Å². The third kappa shape index (κ3) is 2.16. The van der Waals surface area contributed by atoms with Crippen LogP contribution in [0.1, 0.15) is 42.9 Å². The molecule has 0 N–H and O–H groups in total. The highest BCUT2D eigenvalue weighted by atomic mass is 16.6. The number of aryl methyl sites for hydroxylation is 1.